The zero-order chi connectivity index (χ0) is 29.3. The van der Waals surface area contributed by atoms with E-state index in [2.05, 4.69) is 4.98 Å². The molecule has 0 radical (unpaired) electrons. The highest BCUT2D eigenvalue weighted by Gasteiger charge is 2.21. The fourth-order valence-corrected chi connectivity index (χ4v) is 4.61. The molecule has 0 aliphatic carbocycles. The number of aliphatic carboxylic acids is 1. The van der Waals surface area contributed by atoms with E-state index in [1.165, 1.54) is 0 Å². The molecule has 1 N–H and O–H groups in total. The summed E-state index contributed by atoms with van der Waals surface area (Å²) in [6.07, 6.45) is 0.610. The number of carbonyl (C=O) groups is 1. The summed E-state index contributed by atoms with van der Waals surface area (Å²) >= 11 is 0. The maximum absolute atomic E-state index is 11.9. The lowest BCUT2D eigenvalue weighted by molar-refractivity contribution is -0.143. The van der Waals surface area contributed by atoms with Crippen molar-refractivity contribution in [3.63, 3.8) is 0 Å². The van der Waals surface area contributed by atoms with Crippen LogP contribution in [0.1, 0.15) is 29.5 Å². The first-order valence-corrected chi connectivity index (χ1v) is 14.0. The number of nitrogens with zero attached hydrogens (tertiary/aromatic N) is 2. The van der Waals surface area contributed by atoms with Gasteiger partial charge in [0.05, 0.1) is 12.3 Å². The number of para-hydroxylation sites is 1. The Labute approximate surface area is 246 Å². The average molecular weight is 563 g/mol. The Morgan fingerprint density at radius 1 is 0.833 bits per heavy atom. The van der Waals surface area contributed by atoms with Gasteiger partial charge >= 0.3 is 5.97 Å². The van der Waals surface area contributed by atoms with E-state index in [0.717, 1.165) is 45.4 Å². The zero-order valence-electron chi connectivity index (χ0n) is 23.8. The lowest BCUT2D eigenvalue weighted by Gasteiger charge is -2.26. The zero-order valence-corrected chi connectivity index (χ0v) is 23.8. The number of hydrogen-bond acceptors (Lipinski definition) is 6. The standard InChI is InChI=1S/C35H34N2O5/c1-25(35(38)39)37(23-27-16-18-31(19-17-27)42-30-13-7-4-8-14-30)24-28-10-9-15-32(22-28)40-21-20-33-26(2)41-34(36-33)29-11-5-3-6-12-29/h3-19,22,25H,20-21,23-24H2,1-2H3,(H,38,39). The van der Waals surface area contributed by atoms with Crippen LogP contribution >= 0.6 is 0 Å². The predicted molar refractivity (Wildman–Crippen MR) is 162 cm³/mol. The topological polar surface area (TPSA) is 85.0 Å². The maximum Gasteiger partial charge on any atom is 0.320 e. The molecule has 214 valence electrons. The molecule has 1 atom stereocenters. The molecule has 1 aromatic heterocycles. The number of carboxylic acids is 1. The van der Waals surface area contributed by atoms with Gasteiger partial charge in [0.2, 0.25) is 5.89 Å². The van der Waals surface area contributed by atoms with E-state index >= 15 is 0 Å². The number of oxazole rings is 1. The molecule has 0 aliphatic heterocycles. The molecule has 0 fully saturated rings. The molecule has 5 rings (SSSR count). The number of hydrogen-bond donors (Lipinski definition) is 1. The number of aromatic nitrogens is 1. The van der Waals surface area contributed by atoms with Crippen LogP contribution in [-0.4, -0.2) is 33.6 Å². The van der Waals surface area contributed by atoms with E-state index in [-0.39, 0.29) is 0 Å². The fourth-order valence-electron chi connectivity index (χ4n) is 4.61. The van der Waals surface area contributed by atoms with Gasteiger partial charge in [0, 0.05) is 25.1 Å². The number of benzene rings is 4. The molecule has 1 unspecified atom stereocenters. The molecule has 1 heterocycles. The molecule has 0 bridgehead atoms. The van der Waals surface area contributed by atoms with E-state index in [4.69, 9.17) is 13.9 Å². The minimum absolute atomic E-state index is 0.442. The summed E-state index contributed by atoms with van der Waals surface area (Å²) in [4.78, 5) is 18.5. The lowest BCUT2D eigenvalue weighted by Crippen LogP contribution is -2.38. The van der Waals surface area contributed by atoms with E-state index in [9.17, 15) is 9.90 Å². The molecule has 7 nitrogen and oxygen atoms in total. The molecule has 0 aliphatic rings. The van der Waals surface area contributed by atoms with Crippen molar-refractivity contribution in [2.45, 2.75) is 39.4 Å². The molecule has 0 saturated heterocycles. The van der Waals surface area contributed by atoms with Crippen molar-refractivity contribution in [1.29, 1.82) is 0 Å². The van der Waals surface area contributed by atoms with Gasteiger partial charge in [-0.25, -0.2) is 4.98 Å². The summed E-state index contributed by atoms with van der Waals surface area (Å²) in [5.74, 6) is 2.73. The van der Waals surface area contributed by atoms with Crippen LogP contribution in [0.15, 0.2) is 114 Å². The van der Waals surface area contributed by atoms with Gasteiger partial charge in [-0.3, -0.25) is 9.69 Å². The Hall–Kier alpha value is -4.88. The normalized spacial score (nSPS) is 11.8. The van der Waals surface area contributed by atoms with Crippen molar-refractivity contribution < 1.29 is 23.8 Å². The lowest BCUT2D eigenvalue weighted by atomic mass is 10.1. The highest BCUT2D eigenvalue weighted by Crippen LogP contribution is 2.24. The molecule has 0 spiro atoms. The van der Waals surface area contributed by atoms with Gasteiger partial charge in [0.1, 0.15) is 29.1 Å². The minimum Gasteiger partial charge on any atom is -0.493 e. The van der Waals surface area contributed by atoms with Gasteiger partial charge < -0.3 is 19.0 Å². The molecule has 4 aromatic carbocycles. The van der Waals surface area contributed by atoms with Gasteiger partial charge in [-0.2, -0.15) is 0 Å². The highest BCUT2D eigenvalue weighted by atomic mass is 16.5. The van der Waals surface area contributed by atoms with E-state index < -0.39 is 12.0 Å². The predicted octanol–water partition coefficient (Wildman–Crippen LogP) is 7.54. The molecule has 5 aromatic rings. The monoisotopic (exact) mass is 562 g/mol. The van der Waals surface area contributed by atoms with Crippen molar-refractivity contribution in [2.24, 2.45) is 0 Å². The second kappa shape index (κ2) is 13.7. The second-order valence-corrected chi connectivity index (χ2v) is 10.1. The first kappa shape index (κ1) is 28.6. The van der Waals surface area contributed by atoms with E-state index in [0.29, 0.717) is 32.0 Å². The van der Waals surface area contributed by atoms with Crippen LogP contribution in [0, 0.1) is 6.92 Å². The third-order valence-corrected chi connectivity index (χ3v) is 7.00. The highest BCUT2D eigenvalue weighted by molar-refractivity contribution is 5.72. The first-order valence-electron chi connectivity index (χ1n) is 14.0. The molecular weight excluding hydrogens is 528 g/mol. The SMILES string of the molecule is Cc1oc(-c2ccccc2)nc1CCOc1cccc(CN(Cc2ccc(Oc3ccccc3)cc2)C(C)C(=O)O)c1. The van der Waals surface area contributed by atoms with Crippen LogP contribution < -0.4 is 9.47 Å². The Morgan fingerprint density at radius 2 is 1.48 bits per heavy atom. The van der Waals surface area contributed by atoms with Crippen LogP contribution in [0.3, 0.4) is 0 Å². The van der Waals surface area contributed by atoms with Crippen LogP contribution in [0.2, 0.25) is 0 Å². The number of ether oxygens (including phenoxy) is 2. The number of aryl methyl sites for hydroxylation is 1. The van der Waals surface area contributed by atoms with Gasteiger partial charge in [-0.05, 0) is 73.5 Å². The molecule has 42 heavy (non-hydrogen) atoms. The van der Waals surface area contributed by atoms with Crippen LogP contribution in [0.4, 0.5) is 0 Å². The Balaban J connectivity index is 1.20. The Kier molecular flexibility index (Phi) is 9.31. The fraction of sp³-hybridized carbons (Fsp3) is 0.200. The van der Waals surface area contributed by atoms with Gasteiger partial charge in [-0.15, -0.1) is 0 Å². The summed E-state index contributed by atoms with van der Waals surface area (Å²) in [6, 6.07) is 34.3. The average Bonchev–Trinajstić information content (AvgIpc) is 3.38. The van der Waals surface area contributed by atoms with Crippen molar-refractivity contribution in [1.82, 2.24) is 9.88 Å². The third-order valence-electron chi connectivity index (χ3n) is 7.00. The minimum atomic E-state index is -0.871. The van der Waals surface area contributed by atoms with E-state index in [1.807, 2.05) is 121 Å². The van der Waals surface area contributed by atoms with Crippen molar-refractivity contribution in [3.8, 4) is 28.7 Å². The molecule has 7 heteroatoms. The third kappa shape index (κ3) is 7.65. The smallest absolute Gasteiger partial charge is 0.320 e. The maximum atomic E-state index is 11.9. The van der Waals surface area contributed by atoms with Gasteiger partial charge in [0.25, 0.3) is 0 Å². The summed E-state index contributed by atoms with van der Waals surface area (Å²) in [5, 5.41) is 9.79. The largest absolute Gasteiger partial charge is 0.493 e. The van der Waals surface area contributed by atoms with E-state index in [1.54, 1.807) is 6.92 Å². The summed E-state index contributed by atoms with van der Waals surface area (Å²) in [6.45, 7) is 4.99. The van der Waals surface area contributed by atoms with Crippen molar-refractivity contribution in [2.75, 3.05) is 6.61 Å². The Bertz CT molecular complexity index is 1580. The van der Waals surface area contributed by atoms with Gasteiger partial charge in [0.15, 0.2) is 0 Å². The number of rotatable bonds is 13. The van der Waals surface area contributed by atoms with Crippen molar-refractivity contribution in [3.05, 3.63) is 132 Å². The summed E-state index contributed by atoms with van der Waals surface area (Å²) in [7, 11) is 0. The second-order valence-electron chi connectivity index (χ2n) is 10.1. The quantitative estimate of drug-likeness (QED) is 0.159. The summed E-state index contributed by atoms with van der Waals surface area (Å²) < 4.78 is 17.8. The molecular formula is C35H34N2O5. The van der Waals surface area contributed by atoms with Crippen LogP contribution in [-0.2, 0) is 24.3 Å². The number of carboxylic acid groups (broad SMARTS) is 1. The first-order chi connectivity index (χ1) is 20.4. The summed E-state index contributed by atoms with van der Waals surface area (Å²) in [5.41, 5.74) is 3.77. The van der Waals surface area contributed by atoms with Gasteiger partial charge in [-0.1, -0.05) is 60.7 Å². The molecule has 0 saturated carbocycles. The Morgan fingerprint density at radius 3 is 2.19 bits per heavy atom. The van der Waals surface area contributed by atoms with Crippen LogP contribution in [0.5, 0.6) is 17.2 Å². The molecule has 0 amide bonds. The van der Waals surface area contributed by atoms with Crippen molar-refractivity contribution >= 4 is 5.97 Å². The van der Waals surface area contributed by atoms with Crippen LogP contribution in [0.25, 0.3) is 11.5 Å².